The Kier molecular flexibility index (Phi) is 6.52. The van der Waals surface area contributed by atoms with Gasteiger partial charge in [0.25, 0.3) is 0 Å². The highest BCUT2D eigenvalue weighted by Crippen LogP contribution is 2.21. The zero-order valence-electron chi connectivity index (χ0n) is 16.0. The molecule has 6 heteroatoms. The summed E-state index contributed by atoms with van der Waals surface area (Å²) in [5.74, 6) is 0.690. The lowest BCUT2D eigenvalue weighted by Crippen LogP contribution is -2.48. The Morgan fingerprint density at radius 3 is 2.15 bits per heavy atom. The van der Waals surface area contributed by atoms with Crippen LogP contribution in [0.2, 0.25) is 0 Å². The van der Waals surface area contributed by atoms with Crippen LogP contribution in [0.1, 0.15) is 19.4 Å². The van der Waals surface area contributed by atoms with Crippen molar-refractivity contribution in [3.8, 4) is 5.75 Å². The van der Waals surface area contributed by atoms with Crippen LogP contribution in [-0.4, -0.2) is 56.5 Å². The molecule has 0 radical (unpaired) electrons. The molecule has 0 aliphatic carbocycles. The molecule has 1 saturated heterocycles. The second kappa shape index (κ2) is 8.87. The van der Waals surface area contributed by atoms with Crippen LogP contribution in [0.5, 0.6) is 5.75 Å². The number of nitrogens with zero attached hydrogens (tertiary/aromatic N) is 2. The van der Waals surface area contributed by atoms with Gasteiger partial charge in [-0.3, -0.25) is 0 Å². The molecule has 0 amide bonds. The van der Waals surface area contributed by atoms with Gasteiger partial charge in [0.1, 0.15) is 5.75 Å². The van der Waals surface area contributed by atoms with Crippen molar-refractivity contribution in [1.29, 1.82) is 0 Å². The number of hydrogen-bond donors (Lipinski definition) is 0. The van der Waals surface area contributed by atoms with Crippen molar-refractivity contribution in [3.05, 3.63) is 60.2 Å². The number of ether oxygens (including phenoxy) is 1. The van der Waals surface area contributed by atoms with Crippen molar-refractivity contribution in [3.63, 3.8) is 0 Å². The number of hydrogen-bond acceptors (Lipinski definition) is 4. The minimum Gasteiger partial charge on any atom is -0.491 e. The summed E-state index contributed by atoms with van der Waals surface area (Å²) < 4.78 is 32.9. The fourth-order valence-electron chi connectivity index (χ4n) is 3.24. The molecule has 1 aliphatic heterocycles. The maximum atomic E-state index is 12.9. The molecule has 1 fully saturated rings. The monoisotopic (exact) mass is 388 g/mol. The summed E-state index contributed by atoms with van der Waals surface area (Å²) in [5, 5.41) is 0. The van der Waals surface area contributed by atoms with Crippen LogP contribution in [0.15, 0.2) is 59.5 Å². The third kappa shape index (κ3) is 5.31. The molecule has 1 aliphatic rings. The van der Waals surface area contributed by atoms with Crippen molar-refractivity contribution in [1.82, 2.24) is 9.21 Å². The smallest absolute Gasteiger partial charge is 0.243 e. The van der Waals surface area contributed by atoms with Crippen molar-refractivity contribution in [2.24, 2.45) is 0 Å². The van der Waals surface area contributed by atoms with Crippen LogP contribution < -0.4 is 4.74 Å². The zero-order chi connectivity index (χ0) is 19.3. The van der Waals surface area contributed by atoms with Gasteiger partial charge in [-0.05, 0) is 50.1 Å². The van der Waals surface area contributed by atoms with E-state index in [1.807, 2.05) is 19.9 Å². The predicted molar refractivity (Wildman–Crippen MR) is 108 cm³/mol. The molecule has 0 unspecified atom stereocenters. The van der Waals surface area contributed by atoms with Crippen molar-refractivity contribution in [2.45, 2.75) is 31.3 Å². The maximum absolute atomic E-state index is 12.9. The Labute approximate surface area is 162 Å². The van der Waals surface area contributed by atoms with Gasteiger partial charge in [0.2, 0.25) is 10.0 Å². The fraction of sp³-hybridized carbons (Fsp3) is 0.429. The molecular weight excluding hydrogens is 360 g/mol. The van der Waals surface area contributed by atoms with Gasteiger partial charge in [-0.25, -0.2) is 8.42 Å². The predicted octanol–water partition coefficient (Wildman–Crippen LogP) is 3.02. The maximum Gasteiger partial charge on any atom is 0.243 e. The molecule has 0 aromatic heterocycles. The molecule has 3 rings (SSSR count). The van der Waals surface area contributed by atoms with Crippen molar-refractivity contribution >= 4 is 10.0 Å². The highest BCUT2D eigenvalue weighted by Gasteiger charge is 2.28. The molecule has 5 nitrogen and oxygen atoms in total. The van der Waals surface area contributed by atoms with E-state index in [1.165, 1.54) is 5.56 Å². The molecule has 0 spiro atoms. The number of rotatable bonds is 7. The second-order valence-electron chi connectivity index (χ2n) is 7.12. The van der Waals surface area contributed by atoms with E-state index in [-0.39, 0.29) is 6.10 Å². The van der Waals surface area contributed by atoms with E-state index in [0.29, 0.717) is 23.7 Å². The highest BCUT2D eigenvalue weighted by atomic mass is 32.2. The number of piperazine rings is 1. The van der Waals surface area contributed by atoms with E-state index < -0.39 is 10.0 Å². The quantitative estimate of drug-likeness (QED) is 0.732. The molecule has 146 valence electrons. The summed E-state index contributed by atoms with van der Waals surface area (Å²) in [4.78, 5) is 2.66. The molecule has 27 heavy (non-hydrogen) atoms. The molecule has 1 heterocycles. The summed E-state index contributed by atoms with van der Waals surface area (Å²) in [6.45, 7) is 7.44. The van der Waals surface area contributed by atoms with Crippen molar-refractivity contribution < 1.29 is 13.2 Å². The molecular formula is C21H28N2O3S. The number of benzene rings is 2. The van der Waals surface area contributed by atoms with Gasteiger partial charge in [0, 0.05) is 32.7 Å². The summed E-state index contributed by atoms with van der Waals surface area (Å²) in [5.41, 5.74) is 1.32. The third-order valence-corrected chi connectivity index (χ3v) is 6.64. The number of sulfonamides is 1. The fourth-order valence-corrected chi connectivity index (χ4v) is 4.66. The Morgan fingerprint density at radius 2 is 1.56 bits per heavy atom. The summed E-state index contributed by atoms with van der Waals surface area (Å²) in [7, 11) is -3.45. The normalized spacial score (nSPS) is 16.6. The zero-order valence-corrected chi connectivity index (χ0v) is 16.9. The van der Waals surface area contributed by atoms with Crippen LogP contribution in [0.4, 0.5) is 0 Å². The third-order valence-electron chi connectivity index (χ3n) is 4.72. The van der Waals surface area contributed by atoms with Gasteiger partial charge < -0.3 is 9.64 Å². The SMILES string of the molecule is CC(C)Oc1ccc(S(=O)(=O)N2CCN(CCc3ccccc3)CC2)cc1. The first-order chi connectivity index (χ1) is 12.9. The van der Waals surface area contributed by atoms with Gasteiger partial charge in [0.05, 0.1) is 11.0 Å². The topological polar surface area (TPSA) is 49.9 Å². The van der Waals surface area contributed by atoms with Gasteiger partial charge in [-0.1, -0.05) is 30.3 Å². The molecule has 2 aromatic rings. The average Bonchev–Trinajstić information content (AvgIpc) is 2.67. The first-order valence-corrected chi connectivity index (χ1v) is 10.9. The van der Waals surface area contributed by atoms with E-state index in [2.05, 4.69) is 29.2 Å². The minimum atomic E-state index is -3.45. The highest BCUT2D eigenvalue weighted by molar-refractivity contribution is 7.89. The van der Waals surface area contributed by atoms with Crippen LogP contribution in [0, 0.1) is 0 Å². The summed E-state index contributed by atoms with van der Waals surface area (Å²) in [6.07, 6.45) is 1.06. The van der Waals surface area contributed by atoms with Crippen LogP contribution in [-0.2, 0) is 16.4 Å². The lowest BCUT2D eigenvalue weighted by Gasteiger charge is -2.34. The van der Waals surface area contributed by atoms with Gasteiger partial charge in [0.15, 0.2) is 0 Å². The molecule has 0 saturated carbocycles. The van der Waals surface area contributed by atoms with E-state index in [1.54, 1.807) is 28.6 Å². The van der Waals surface area contributed by atoms with Crippen LogP contribution in [0.25, 0.3) is 0 Å². The first-order valence-electron chi connectivity index (χ1n) is 9.48. The van der Waals surface area contributed by atoms with Gasteiger partial charge >= 0.3 is 0 Å². The largest absolute Gasteiger partial charge is 0.491 e. The first kappa shape index (κ1) is 19.9. The van der Waals surface area contributed by atoms with Gasteiger partial charge in [-0.15, -0.1) is 0 Å². The molecule has 0 N–H and O–H groups in total. The Morgan fingerprint density at radius 1 is 0.926 bits per heavy atom. The minimum absolute atomic E-state index is 0.0661. The Hall–Kier alpha value is -1.89. The lowest BCUT2D eigenvalue weighted by atomic mass is 10.1. The molecule has 0 bridgehead atoms. The van der Waals surface area contributed by atoms with E-state index in [0.717, 1.165) is 26.1 Å². The van der Waals surface area contributed by atoms with Crippen LogP contribution >= 0.6 is 0 Å². The van der Waals surface area contributed by atoms with Crippen LogP contribution in [0.3, 0.4) is 0 Å². The van der Waals surface area contributed by atoms with E-state index in [4.69, 9.17) is 4.74 Å². The second-order valence-corrected chi connectivity index (χ2v) is 9.06. The standard InChI is InChI=1S/C21H28N2O3S/c1-18(2)26-20-8-10-21(11-9-20)27(24,25)23-16-14-22(15-17-23)13-12-19-6-4-3-5-7-19/h3-11,18H,12-17H2,1-2H3. The van der Waals surface area contributed by atoms with Gasteiger partial charge in [-0.2, -0.15) is 4.31 Å². The Balaban J connectivity index is 1.54. The van der Waals surface area contributed by atoms with E-state index in [9.17, 15) is 8.42 Å². The average molecular weight is 389 g/mol. The van der Waals surface area contributed by atoms with E-state index >= 15 is 0 Å². The molecule has 2 aromatic carbocycles. The van der Waals surface area contributed by atoms with Crippen molar-refractivity contribution in [2.75, 3.05) is 32.7 Å². The Bertz CT molecular complexity index is 812. The summed E-state index contributed by atoms with van der Waals surface area (Å²) in [6, 6.07) is 17.1. The molecule has 0 atom stereocenters. The lowest BCUT2D eigenvalue weighted by molar-refractivity contribution is 0.190. The summed E-state index contributed by atoms with van der Waals surface area (Å²) >= 11 is 0.